The Labute approximate surface area is 147 Å². The summed E-state index contributed by atoms with van der Waals surface area (Å²) in [6.07, 6.45) is 1.17. The number of amides is 1. The molecular weight excluding hydrogens is 346 g/mol. The van der Waals surface area contributed by atoms with Crippen molar-refractivity contribution in [1.29, 1.82) is 0 Å². The molecule has 0 unspecified atom stereocenters. The van der Waals surface area contributed by atoms with E-state index in [0.29, 0.717) is 18.1 Å². The highest BCUT2D eigenvalue weighted by molar-refractivity contribution is 8.00. The molecule has 0 saturated carbocycles. The quantitative estimate of drug-likeness (QED) is 0.477. The summed E-state index contributed by atoms with van der Waals surface area (Å²) in [5.74, 6) is 1.10. The van der Waals surface area contributed by atoms with Gasteiger partial charge < -0.3 is 14.8 Å². The second-order valence-corrected chi connectivity index (χ2v) is 6.14. The van der Waals surface area contributed by atoms with Gasteiger partial charge in [-0.15, -0.1) is 0 Å². The van der Waals surface area contributed by atoms with Crippen molar-refractivity contribution in [3.8, 4) is 11.5 Å². The number of hydrogen-bond acceptors (Lipinski definition) is 7. The second kappa shape index (κ2) is 7.84. The maximum atomic E-state index is 12.0. The number of ether oxygens (including phenoxy) is 2. The van der Waals surface area contributed by atoms with Crippen LogP contribution in [-0.2, 0) is 4.79 Å². The summed E-state index contributed by atoms with van der Waals surface area (Å²) in [6, 6.07) is 10.2. The van der Waals surface area contributed by atoms with Crippen molar-refractivity contribution in [1.82, 2.24) is 10.3 Å². The minimum atomic E-state index is -0.516. The Hall–Kier alpha value is -2.81. The molecule has 1 aliphatic heterocycles. The zero-order valence-corrected chi connectivity index (χ0v) is 13.9. The predicted molar refractivity (Wildman–Crippen MR) is 91.0 cm³/mol. The summed E-state index contributed by atoms with van der Waals surface area (Å²) in [5, 5.41) is 13.9. The van der Waals surface area contributed by atoms with Crippen LogP contribution in [0.5, 0.6) is 11.5 Å². The number of hydrogen-bond donors (Lipinski definition) is 1. The molecule has 2 aromatic rings. The number of rotatable bonds is 6. The second-order valence-electron chi connectivity index (χ2n) is 5.18. The lowest BCUT2D eigenvalue weighted by Gasteiger charge is -2.26. The minimum absolute atomic E-state index is 0.0298. The van der Waals surface area contributed by atoms with E-state index in [0.717, 1.165) is 11.8 Å². The van der Waals surface area contributed by atoms with Crippen molar-refractivity contribution in [3.05, 3.63) is 52.7 Å². The molecule has 1 aromatic carbocycles. The Morgan fingerprint density at radius 3 is 2.92 bits per heavy atom. The van der Waals surface area contributed by atoms with Gasteiger partial charge in [0.2, 0.25) is 5.91 Å². The zero-order valence-electron chi connectivity index (χ0n) is 13.1. The van der Waals surface area contributed by atoms with Gasteiger partial charge in [-0.05, 0) is 18.2 Å². The van der Waals surface area contributed by atoms with Gasteiger partial charge in [-0.3, -0.25) is 14.9 Å². The third-order valence-corrected chi connectivity index (χ3v) is 4.38. The lowest BCUT2D eigenvalue weighted by atomic mass is 10.2. The zero-order chi connectivity index (χ0) is 17.6. The Morgan fingerprint density at radius 2 is 2.12 bits per heavy atom. The van der Waals surface area contributed by atoms with Crippen LogP contribution in [0, 0.1) is 10.1 Å². The summed E-state index contributed by atoms with van der Waals surface area (Å²) in [7, 11) is 0. The van der Waals surface area contributed by atoms with Crippen molar-refractivity contribution >= 4 is 23.4 Å². The van der Waals surface area contributed by atoms with E-state index in [1.807, 2.05) is 18.2 Å². The topological polar surface area (TPSA) is 104 Å². The maximum absolute atomic E-state index is 12.0. The molecule has 9 heteroatoms. The molecule has 1 N–H and O–H groups in total. The molecule has 8 nitrogen and oxygen atoms in total. The van der Waals surface area contributed by atoms with Crippen LogP contribution in [0.4, 0.5) is 5.69 Å². The summed E-state index contributed by atoms with van der Waals surface area (Å²) >= 11 is 1.02. The molecule has 2 heterocycles. The van der Waals surface area contributed by atoms with Crippen LogP contribution in [0.25, 0.3) is 0 Å². The standard InChI is InChI=1S/C16H15N3O5S/c20-15(10-25-16-12(19(21)22)4-3-7-17-16)18-8-11-9-23-13-5-1-2-6-14(13)24-11/h1-7,11H,8-10H2,(H,18,20)/t11-/m1/s1. The molecule has 0 aliphatic carbocycles. The Balaban J connectivity index is 1.47. The molecule has 1 aromatic heterocycles. The number of nitro groups is 1. The number of carbonyl (C=O) groups excluding carboxylic acids is 1. The maximum Gasteiger partial charge on any atom is 0.301 e. The molecule has 0 spiro atoms. The van der Waals surface area contributed by atoms with E-state index in [9.17, 15) is 14.9 Å². The molecule has 130 valence electrons. The van der Waals surface area contributed by atoms with Crippen LogP contribution in [0.3, 0.4) is 0 Å². The molecule has 0 saturated heterocycles. The SMILES string of the molecule is O=C(CSc1ncccc1[N+](=O)[O-])NC[C@@H]1COc2ccccc2O1. The average molecular weight is 361 g/mol. The van der Waals surface area contributed by atoms with Gasteiger partial charge in [-0.2, -0.15) is 0 Å². The number of benzene rings is 1. The highest BCUT2D eigenvalue weighted by Gasteiger charge is 2.21. The van der Waals surface area contributed by atoms with Crippen molar-refractivity contribution in [2.24, 2.45) is 0 Å². The van der Waals surface area contributed by atoms with Crippen LogP contribution in [0.1, 0.15) is 0 Å². The lowest BCUT2D eigenvalue weighted by molar-refractivity contribution is -0.388. The number of para-hydroxylation sites is 2. The first kappa shape index (κ1) is 17.0. The normalized spacial score (nSPS) is 15.4. The minimum Gasteiger partial charge on any atom is -0.486 e. The fraction of sp³-hybridized carbons (Fsp3) is 0.250. The van der Waals surface area contributed by atoms with E-state index < -0.39 is 4.92 Å². The Morgan fingerprint density at radius 1 is 1.32 bits per heavy atom. The van der Waals surface area contributed by atoms with Gasteiger partial charge in [-0.1, -0.05) is 23.9 Å². The van der Waals surface area contributed by atoms with Gasteiger partial charge in [0.25, 0.3) is 0 Å². The lowest BCUT2D eigenvalue weighted by Crippen LogP contribution is -2.41. The molecule has 1 amide bonds. The third kappa shape index (κ3) is 4.38. The van der Waals surface area contributed by atoms with E-state index >= 15 is 0 Å². The van der Waals surface area contributed by atoms with Crippen LogP contribution in [0.15, 0.2) is 47.6 Å². The first-order valence-electron chi connectivity index (χ1n) is 7.51. The molecule has 1 atom stereocenters. The van der Waals surface area contributed by atoms with Gasteiger partial charge in [-0.25, -0.2) is 4.98 Å². The van der Waals surface area contributed by atoms with Crippen LogP contribution >= 0.6 is 11.8 Å². The Bertz CT molecular complexity index is 786. The van der Waals surface area contributed by atoms with E-state index in [1.165, 1.54) is 18.3 Å². The third-order valence-electron chi connectivity index (χ3n) is 3.38. The monoisotopic (exact) mass is 361 g/mol. The molecular formula is C16H15N3O5S. The molecule has 0 bridgehead atoms. The van der Waals surface area contributed by atoms with Crippen molar-refractivity contribution in [3.63, 3.8) is 0 Å². The van der Waals surface area contributed by atoms with Crippen LogP contribution < -0.4 is 14.8 Å². The van der Waals surface area contributed by atoms with E-state index in [4.69, 9.17) is 9.47 Å². The highest BCUT2D eigenvalue weighted by atomic mass is 32.2. The first-order chi connectivity index (χ1) is 12.1. The number of carbonyl (C=O) groups is 1. The van der Waals surface area contributed by atoms with Gasteiger partial charge in [0.05, 0.1) is 17.2 Å². The number of pyridine rings is 1. The Kier molecular flexibility index (Phi) is 5.34. The fourth-order valence-corrected chi connectivity index (χ4v) is 3.00. The fourth-order valence-electron chi connectivity index (χ4n) is 2.21. The number of aromatic nitrogens is 1. The number of nitrogens with zero attached hydrogens (tertiary/aromatic N) is 2. The summed E-state index contributed by atoms with van der Waals surface area (Å²) < 4.78 is 11.3. The van der Waals surface area contributed by atoms with Gasteiger partial charge in [0.15, 0.2) is 16.5 Å². The smallest absolute Gasteiger partial charge is 0.301 e. The van der Waals surface area contributed by atoms with Gasteiger partial charge in [0, 0.05) is 12.3 Å². The molecule has 3 rings (SSSR count). The van der Waals surface area contributed by atoms with Crippen LogP contribution in [-0.4, -0.2) is 40.8 Å². The van der Waals surface area contributed by atoms with Crippen LogP contribution in [0.2, 0.25) is 0 Å². The van der Waals surface area contributed by atoms with Crippen molar-refractivity contribution in [2.45, 2.75) is 11.1 Å². The molecule has 0 fully saturated rings. The van der Waals surface area contributed by atoms with E-state index in [-0.39, 0.29) is 35.0 Å². The van der Waals surface area contributed by atoms with E-state index in [2.05, 4.69) is 10.3 Å². The van der Waals surface area contributed by atoms with E-state index in [1.54, 1.807) is 6.07 Å². The first-order valence-corrected chi connectivity index (χ1v) is 8.49. The summed E-state index contributed by atoms with van der Waals surface area (Å²) in [4.78, 5) is 26.3. The summed E-state index contributed by atoms with van der Waals surface area (Å²) in [5.41, 5.74) is -0.110. The number of nitrogens with one attached hydrogen (secondary N) is 1. The largest absolute Gasteiger partial charge is 0.486 e. The number of thioether (sulfide) groups is 1. The van der Waals surface area contributed by atoms with Gasteiger partial charge in [0.1, 0.15) is 12.7 Å². The predicted octanol–water partition coefficient (Wildman–Crippen LogP) is 2.04. The highest BCUT2D eigenvalue weighted by Crippen LogP contribution is 2.30. The molecule has 1 aliphatic rings. The van der Waals surface area contributed by atoms with Crippen molar-refractivity contribution < 1.29 is 19.2 Å². The molecule has 25 heavy (non-hydrogen) atoms. The average Bonchev–Trinajstić information content (AvgIpc) is 2.64. The molecule has 0 radical (unpaired) electrons. The van der Waals surface area contributed by atoms with Gasteiger partial charge >= 0.3 is 5.69 Å². The summed E-state index contributed by atoms with van der Waals surface area (Å²) in [6.45, 7) is 0.633. The van der Waals surface area contributed by atoms with Crippen molar-refractivity contribution in [2.75, 3.05) is 18.9 Å². The number of fused-ring (bicyclic) bond motifs is 1.